The Morgan fingerprint density at radius 3 is 2.56 bits per heavy atom. The minimum Gasteiger partial charge on any atom is -0.348 e. The van der Waals surface area contributed by atoms with E-state index in [9.17, 15) is 9.18 Å². The van der Waals surface area contributed by atoms with Gasteiger partial charge in [0.25, 0.3) is 5.91 Å². The molecule has 1 saturated carbocycles. The van der Waals surface area contributed by atoms with Crippen LogP contribution in [0.4, 0.5) is 4.39 Å². The molecule has 0 radical (unpaired) electrons. The Morgan fingerprint density at radius 2 is 1.88 bits per heavy atom. The van der Waals surface area contributed by atoms with E-state index in [1.807, 2.05) is 0 Å². The summed E-state index contributed by atoms with van der Waals surface area (Å²) in [5, 5.41) is 10.8. The fourth-order valence-corrected chi connectivity index (χ4v) is 3.33. The van der Waals surface area contributed by atoms with Crippen molar-refractivity contribution in [3.05, 3.63) is 42.0 Å². The number of aromatic nitrogens is 3. The Morgan fingerprint density at radius 1 is 1.20 bits per heavy atom. The van der Waals surface area contributed by atoms with Gasteiger partial charge in [0.05, 0.1) is 25.1 Å². The van der Waals surface area contributed by atoms with Gasteiger partial charge in [-0.3, -0.25) is 4.79 Å². The average molecular weight is 346 g/mol. The summed E-state index contributed by atoms with van der Waals surface area (Å²) in [5.74, 6) is -1.03. The molecule has 1 amide bonds. The van der Waals surface area contributed by atoms with E-state index in [1.165, 1.54) is 23.0 Å². The fraction of sp³-hybridized carbons (Fsp3) is 0.471. The van der Waals surface area contributed by atoms with Crippen LogP contribution in [0.15, 0.2) is 30.5 Å². The Hall–Kier alpha value is -2.32. The number of hydrogen-bond donors (Lipinski definition) is 1. The van der Waals surface area contributed by atoms with Crippen LogP contribution >= 0.6 is 0 Å². The summed E-state index contributed by atoms with van der Waals surface area (Å²) in [7, 11) is 0. The van der Waals surface area contributed by atoms with Crippen LogP contribution < -0.4 is 5.32 Å². The van der Waals surface area contributed by atoms with E-state index in [-0.39, 0.29) is 23.5 Å². The largest absolute Gasteiger partial charge is 0.348 e. The van der Waals surface area contributed by atoms with Crippen LogP contribution in [0, 0.1) is 5.82 Å². The zero-order valence-corrected chi connectivity index (χ0v) is 13.7. The summed E-state index contributed by atoms with van der Waals surface area (Å²) in [4.78, 5) is 12.4. The molecule has 8 heteroatoms. The minimum absolute atomic E-state index is 0.0712. The first-order valence-corrected chi connectivity index (χ1v) is 8.41. The van der Waals surface area contributed by atoms with Crippen molar-refractivity contribution < 1.29 is 18.7 Å². The summed E-state index contributed by atoms with van der Waals surface area (Å²) in [6, 6.07) is 5.90. The van der Waals surface area contributed by atoms with Crippen molar-refractivity contribution in [2.24, 2.45) is 0 Å². The molecule has 1 aromatic heterocycles. The summed E-state index contributed by atoms with van der Waals surface area (Å²) in [6.45, 7) is 1.28. The van der Waals surface area contributed by atoms with E-state index < -0.39 is 5.79 Å². The van der Waals surface area contributed by atoms with Gasteiger partial charge in [-0.15, -0.1) is 5.10 Å². The fourth-order valence-electron chi connectivity index (χ4n) is 3.33. The molecule has 0 unspecified atom stereocenters. The Bertz CT molecular complexity index is 746. The van der Waals surface area contributed by atoms with Crippen molar-refractivity contribution in [2.45, 2.75) is 37.5 Å². The maximum Gasteiger partial charge on any atom is 0.273 e. The van der Waals surface area contributed by atoms with Gasteiger partial charge in [0.15, 0.2) is 11.5 Å². The first-order chi connectivity index (χ1) is 12.1. The number of amides is 1. The molecular formula is C17H19FN4O3. The summed E-state index contributed by atoms with van der Waals surface area (Å²) in [5.41, 5.74) is 0.876. The average Bonchev–Trinajstić information content (AvgIpc) is 3.28. The first-order valence-electron chi connectivity index (χ1n) is 8.41. The van der Waals surface area contributed by atoms with Crippen LogP contribution in [0.3, 0.4) is 0 Å². The molecule has 25 heavy (non-hydrogen) atoms. The van der Waals surface area contributed by atoms with Gasteiger partial charge in [0.1, 0.15) is 5.82 Å². The maximum atomic E-state index is 13.0. The SMILES string of the molecule is O=C(NC1CCC2(CC1)OCCO2)c1cn(-c2ccc(F)cc2)nn1. The summed E-state index contributed by atoms with van der Waals surface area (Å²) < 4.78 is 25.8. The molecule has 1 N–H and O–H groups in total. The van der Waals surface area contributed by atoms with Crippen LogP contribution in [0.1, 0.15) is 36.2 Å². The van der Waals surface area contributed by atoms with Crippen molar-refractivity contribution >= 4 is 5.91 Å². The Labute approximate surface area is 144 Å². The van der Waals surface area contributed by atoms with Crippen molar-refractivity contribution in [3.8, 4) is 5.69 Å². The molecule has 2 aliphatic rings. The van der Waals surface area contributed by atoms with Gasteiger partial charge in [-0.1, -0.05) is 5.21 Å². The second-order valence-corrected chi connectivity index (χ2v) is 6.38. The van der Waals surface area contributed by atoms with E-state index in [2.05, 4.69) is 15.6 Å². The molecule has 1 aliphatic carbocycles. The van der Waals surface area contributed by atoms with Gasteiger partial charge >= 0.3 is 0 Å². The van der Waals surface area contributed by atoms with Gasteiger partial charge in [0, 0.05) is 18.9 Å². The van der Waals surface area contributed by atoms with Crippen molar-refractivity contribution in [1.82, 2.24) is 20.3 Å². The van der Waals surface area contributed by atoms with Crippen molar-refractivity contribution in [3.63, 3.8) is 0 Å². The van der Waals surface area contributed by atoms with Gasteiger partial charge in [-0.05, 0) is 37.1 Å². The molecule has 1 aliphatic heterocycles. The third-order valence-corrected chi connectivity index (χ3v) is 4.71. The van der Waals surface area contributed by atoms with E-state index in [1.54, 1.807) is 12.1 Å². The number of halogens is 1. The highest BCUT2D eigenvalue weighted by Crippen LogP contribution is 2.35. The molecule has 2 heterocycles. The van der Waals surface area contributed by atoms with Crippen LogP contribution in [-0.4, -0.2) is 45.9 Å². The Balaban J connectivity index is 1.36. The zero-order valence-electron chi connectivity index (χ0n) is 13.7. The molecule has 1 aromatic carbocycles. The predicted octanol–water partition coefficient (Wildman–Crippen LogP) is 1.82. The number of benzene rings is 1. The summed E-state index contributed by atoms with van der Waals surface area (Å²) in [6.07, 6.45) is 4.70. The number of rotatable bonds is 3. The highest BCUT2D eigenvalue weighted by atomic mass is 19.1. The number of carbonyl (C=O) groups excluding carboxylic acids is 1. The number of ether oxygens (including phenoxy) is 2. The molecular weight excluding hydrogens is 327 g/mol. The third-order valence-electron chi connectivity index (χ3n) is 4.71. The van der Waals surface area contributed by atoms with Crippen molar-refractivity contribution in [1.29, 1.82) is 0 Å². The topological polar surface area (TPSA) is 78.3 Å². The second-order valence-electron chi connectivity index (χ2n) is 6.38. The predicted molar refractivity (Wildman–Crippen MR) is 85.7 cm³/mol. The van der Waals surface area contributed by atoms with Gasteiger partial charge in [0.2, 0.25) is 0 Å². The molecule has 4 rings (SSSR count). The van der Waals surface area contributed by atoms with E-state index in [0.717, 1.165) is 25.7 Å². The third kappa shape index (κ3) is 3.40. The first kappa shape index (κ1) is 16.2. The Kier molecular flexibility index (Phi) is 4.22. The molecule has 1 saturated heterocycles. The van der Waals surface area contributed by atoms with Gasteiger partial charge in [-0.25, -0.2) is 9.07 Å². The van der Waals surface area contributed by atoms with Crippen LogP contribution in [0.5, 0.6) is 0 Å². The van der Waals surface area contributed by atoms with Crippen LogP contribution in [0.25, 0.3) is 5.69 Å². The number of hydrogen-bond acceptors (Lipinski definition) is 5. The molecule has 0 bridgehead atoms. The quantitative estimate of drug-likeness (QED) is 0.917. The molecule has 1 spiro atoms. The monoisotopic (exact) mass is 346 g/mol. The second kappa shape index (κ2) is 6.53. The number of carbonyl (C=O) groups is 1. The van der Waals surface area contributed by atoms with E-state index >= 15 is 0 Å². The standard InChI is InChI=1S/C17H19FN4O3/c18-12-1-3-14(4-2-12)22-11-15(20-21-22)16(23)19-13-5-7-17(8-6-13)24-9-10-25-17/h1-4,11,13H,5-10H2,(H,19,23). The summed E-state index contributed by atoms with van der Waals surface area (Å²) >= 11 is 0. The molecule has 2 fully saturated rings. The highest BCUT2D eigenvalue weighted by Gasteiger charge is 2.40. The molecule has 132 valence electrons. The van der Waals surface area contributed by atoms with Crippen LogP contribution in [0.2, 0.25) is 0 Å². The molecule has 7 nitrogen and oxygen atoms in total. The van der Waals surface area contributed by atoms with Crippen molar-refractivity contribution in [2.75, 3.05) is 13.2 Å². The molecule has 0 atom stereocenters. The molecule has 2 aromatic rings. The van der Waals surface area contributed by atoms with E-state index in [4.69, 9.17) is 9.47 Å². The zero-order chi connectivity index (χ0) is 17.3. The minimum atomic E-state index is -0.438. The lowest BCUT2D eigenvalue weighted by Crippen LogP contribution is -2.44. The smallest absolute Gasteiger partial charge is 0.273 e. The van der Waals surface area contributed by atoms with Crippen LogP contribution in [-0.2, 0) is 9.47 Å². The number of nitrogens with zero attached hydrogens (tertiary/aromatic N) is 3. The lowest BCUT2D eigenvalue weighted by Gasteiger charge is -2.35. The normalized spacial score (nSPS) is 20.0. The van der Waals surface area contributed by atoms with Gasteiger partial charge in [-0.2, -0.15) is 0 Å². The number of nitrogens with one attached hydrogen (secondary N) is 1. The highest BCUT2D eigenvalue weighted by molar-refractivity contribution is 5.92. The van der Waals surface area contributed by atoms with Gasteiger partial charge < -0.3 is 14.8 Å². The maximum absolute atomic E-state index is 13.0. The lowest BCUT2D eigenvalue weighted by atomic mass is 9.90. The lowest BCUT2D eigenvalue weighted by molar-refractivity contribution is -0.179. The van der Waals surface area contributed by atoms with E-state index in [0.29, 0.717) is 18.9 Å².